The van der Waals surface area contributed by atoms with Crippen LogP contribution in [0.15, 0.2) is 30.5 Å². The molecule has 0 aliphatic carbocycles. The van der Waals surface area contributed by atoms with Crippen LogP contribution in [0, 0.1) is 0 Å². The van der Waals surface area contributed by atoms with E-state index in [1.807, 2.05) is 25.3 Å². The zero-order valence-electron chi connectivity index (χ0n) is 10.3. The first-order valence-electron chi connectivity index (χ1n) is 6.03. The van der Waals surface area contributed by atoms with Crippen molar-refractivity contribution < 1.29 is 9.53 Å². The van der Waals surface area contributed by atoms with Gasteiger partial charge in [0.15, 0.2) is 0 Å². The molecule has 17 heavy (non-hydrogen) atoms. The largest absolute Gasteiger partial charge is 0.462 e. The number of rotatable bonds is 4. The van der Waals surface area contributed by atoms with E-state index < -0.39 is 0 Å². The average molecular weight is 231 g/mol. The zero-order chi connectivity index (χ0) is 12.3. The van der Waals surface area contributed by atoms with Crippen LogP contribution in [0.3, 0.4) is 0 Å². The molecule has 0 radical (unpaired) electrons. The van der Waals surface area contributed by atoms with Crippen LogP contribution in [0.5, 0.6) is 0 Å². The summed E-state index contributed by atoms with van der Waals surface area (Å²) in [5.41, 5.74) is 2.95. The van der Waals surface area contributed by atoms with E-state index in [1.54, 1.807) is 0 Å². The maximum atomic E-state index is 11.6. The summed E-state index contributed by atoms with van der Waals surface area (Å²) in [5, 5.41) is 0. The highest BCUT2D eigenvalue weighted by Crippen LogP contribution is 2.14. The van der Waals surface area contributed by atoms with Gasteiger partial charge in [-0.3, -0.25) is 0 Å². The maximum absolute atomic E-state index is 11.6. The first kappa shape index (κ1) is 11.7. The fraction of sp³-hybridized carbons (Fsp3) is 0.357. The number of ether oxygens (including phenoxy) is 1. The number of aromatic nitrogens is 1. The molecule has 2 aromatic rings. The van der Waals surface area contributed by atoms with E-state index in [0.29, 0.717) is 12.2 Å². The van der Waals surface area contributed by atoms with Crippen molar-refractivity contribution in [3.63, 3.8) is 0 Å². The lowest BCUT2D eigenvalue weighted by Gasteiger charge is -2.05. The lowest BCUT2D eigenvalue weighted by molar-refractivity contribution is 0.0526. The highest BCUT2D eigenvalue weighted by atomic mass is 16.5. The third kappa shape index (κ3) is 2.33. The van der Waals surface area contributed by atoms with Crippen LogP contribution >= 0.6 is 0 Å². The molecule has 0 saturated heterocycles. The second-order valence-corrected chi connectivity index (χ2v) is 4.01. The quantitative estimate of drug-likeness (QED) is 0.757. The lowest BCUT2D eigenvalue weighted by atomic mass is 10.2. The molecule has 0 unspecified atom stereocenters. The summed E-state index contributed by atoms with van der Waals surface area (Å²) in [4.78, 5) is 11.6. The van der Waals surface area contributed by atoms with Crippen LogP contribution in [0.25, 0.3) is 5.52 Å². The summed E-state index contributed by atoms with van der Waals surface area (Å²) in [7, 11) is 0. The van der Waals surface area contributed by atoms with Crippen molar-refractivity contribution in [3.05, 3.63) is 41.7 Å². The minimum Gasteiger partial charge on any atom is -0.462 e. The fourth-order valence-electron chi connectivity index (χ4n) is 1.95. The molecule has 90 valence electrons. The summed E-state index contributed by atoms with van der Waals surface area (Å²) in [6.45, 7) is 4.37. The second kappa shape index (κ2) is 5.04. The van der Waals surface area contributed by atoms with E-state index in [0.717, 1.165) is 18.4 Å². The van der Waals surface area contributed by atoms with E-state index in [1.165, 1.54) is 5.69 Å². The van der Waals surface area contributed by atoms with Gasteiger partial charge in [-0.2, -0.15) is 0 Å². The van der Waals surface area contributed by atoms with Crippen LogP contribution < -0.4 is 0 Å². The molecule has 0 amide bonds. The number of hydrogen-bond donors (Lipinski definition) is 0. The molecular formula is C14H17NO2. The number of pyridine rings is 1. The van der Waals surface area contributed by atoms with Gasteiger partial charge in [0.1, 0.15) is 0 Å². The van der Waals surface area contributed by atoms with Crippen molar-refractivity contribution >= 4 is 11.5 Å². The highest BCUT2D eigenvalue weighted by Gasteiger charge is 2.08. The van der Waals surface area contributed by atoms with Crippen molar-refractivity contribution in [2.75, 3.05) is 6.61 Å². The summed E-state index contributed by atoms with van der Waals surface area (Å²) in [6.07, 6.45) is 3.97. The lowest BCUT2D eigenvalue weighted by Crippen LogP contribution is -2.06. The molecule has 0 spiro atoms. The molecule has 0 fully saturated rings. The molecule has 0 atom stereocenters. The Bertz CT molecular complexity index is 528. The van der Waals surface area contributed by atoms with Crippen molar-refractivity contribution in [2.45, 2.75) is 26.7 Å². The Kier molecular flexibility index (Phi) is 3.47. The van der Waals surface area contributed by atoms with Gasteiger partial charge in [0.25, 0.3) is 0 Å². The Balaban J connectivity index is 2.40. The van der Waals surface area contributed by atoms with Crippen molar-refractivity contribution in [1.29, 1.82) is 0 Å². The minimum atomic E-state index is -0.259. The van der Waals surface area contributed by atoms with Crippen LogP contribution in [-0.4, -0.2) is 17.0 Å². The SMILES string of the molecule is CCCc1ccc2ccc(C(=O)OCC)cn12. The molecular weight excluding hydrogens is 214 g/mol. The molecule has 0 aliphatic rings. The van der Waals surface area contributed by atoms with Crippen molar-refractivity contribution in [1.82, 2.24) is 4.40 Å². The molecule has 0 saturated carbocycles. The van der Waals surface area contributed by atoms with Gasteiger partial charge in [-0.1, -0.05) is 13.3 Å². The Labute approximate surface area is 101 Å². The number of hydrogen-bond acceptors (Lipinski definition) is 2. The van der Waals surface area contributed by atoms with Gasteiger partial charge in [-0.05, 0) is 37.6 Å². The monoisotopic (exact) mass is 231 g/mol. The number of aryl methyl sites for hydroxylation is 1. The normalized spacial score (nSPS) is 10.7. The highest BCUT2D eigenvalue weighted by molar-refractivity contribution is 5.89. The second-order valence-electron chi connectivity index (χ2n) is 4.01. The van der Waals surface area contributed by atoms with E-state index in [-0.39, 0.29) is 5.97 Å². The summed E-state index contributed by atoms with van der Waals surface area (Å²) in [5.74, 6) is -0.259. The van der Waals surface area contributed by atoms with Crippen LogP contribution in [-0.2, 0) is 11.2 Å². The number of carbonyl (C=O) groups is 1. The van der Waals surface area contributed by atoms with Crippen LogP contribution in [0.2, 0.25) is 0 Å². The number of esters is 1. The minimum absolute atomic E-state index is 0.259. The molecule has 0 N–H and O–H groups in total. The van der Waals surface area contributed by atoms with E-state index in [9.17, 15) is 4.79 Å². The molecule has 2 rings (SSSR count). The predicted molar refractivity (Wildman–Crippen MR) is 67.3 cm³/mol. The van der Waals surface area contributed by atoms with E-state index >= 15 is 0 Å². The molecule has 3 nitrogen and oxygen atoms in total. The molecule has 2 aromatic heterocycles. The third-order valence-electron chi connectivity index (χ3n) is 2.75. The number of nitrogens with zero attached hydrogens (tertiary/aromatic N) is 1. The van der Waals surface area contributed by atoms with E-state index in [2.05, 4.69) is 23.5 Å². The van der Waals surface area contributed by atoms with Crippen molar-refractivity contribution in [2.24, 2.45) is 0 Å². The van der Waals surface area contributed by atoms with Gasteiger partial charge in [0.2, 0.25) is 0 Å². The van der Waals surface area contributed by atoms with Gasteiger partial charge in [-0.25, -0.2) is 4.79 Å². The van der Waals surface area contributed by atoms with Crippen LogP contribution in [0.4, 0.5) is 0 Å². The van der Waals surface area contributed by atoms with Gasteiger partial charge in [-0.15, -0.1) is 0 Å². The van der Waals surface area contributed by atoms with Gasteiger partial charge in [0.05, 0.1) is 12.2 Å². The first-order valence-corrected chi connectivity index (χ1v) is 6.03. The summed E-state index contributed by atoms with van der Waals surface area (Å²) >= 11 is 0. The first-order chi connectivity index (χ1) is 8.26. The Hall–Kier alpha value is -1.77. The Morgan fingerprint density at radius 1 is 1.24 bits per heavy atom. The molecule has 0 aliphatic heterocycles. The average Bonchev–Trinajstić information content (AvgIpc) is 2.73. The summed E-state index contributed by atoms with van der Waals surface area (Å²) < 4.78 is 7.07. The topological polar surface area (TPSA) is 30.7 Å². The smallest absolute Gasteiger partial charge is 0.339 e. The van der Waals surface area contributed by atoms with Crippen molar-refractivity contribution in [3.8, 4) is 0 Å². The Morgan fingerprint density at radius 3 is 2.71 bits per heavy atom. The maximum Gasteiger partial charge on any atom is 0.339 e. The van der Waals surface area contributed by atoms with Gasteiger partial charge >= 0.3 is 5.97 Å². The Morgan fingerprint density at radius 2 is 2.00 bits per heavy atom. The summed E-state index contributed by atoms with van der Waals surface area (Å²) in [6, 6.07) is 7.93. The predicted octanol–water partition coefficient (Wildman–Crippen LogP) is 3.07. The zero-order valence-corrected chi connectivity index (χ0v) is 10.3. The molecule has 3 heteroatoms. The molecule has 0 aromatic carbocycles. The molecule has 0 bridgehead atoms. The standard InChI is InChI=1S/C14H17NO2/c1-3-5-12-8-9-13-7-6-11(10-15(12)13)14(16)17-4-2/h6-10H,3-5H2,1-2H3. The third-order valence-corrected chi connectivity index (χ3v) is 2.75. The number of carbonyl (C=O) groups excluding carboxylic acids is 1. The van der Waals surface area contributed by atoms with Crippen LogP contribution in [0.1, 0.15) is 36.3 Å². The van der Waals surface area contributed by atoms with Gasteiger partial charge in [0, 0.05) is 17.4 Å². The fourth-order valence-corrected chi connectivity index (χ4v) is 1.95. The van der Waals surface area contributed by atoms with Gasteiger partial charge < -0.3 is 9.14 Å². The molecule has 2 heterocycles. The van der Waals surface area contributed by atoms with E-state index in [4.69, 9.17) is 4.74 Å². The number of fused-ring (bicyclic) bond motifs is 1.